The Morgan fingerprint density at radius 1 is 1.19 bits per heavy atom. The number of hydrogen-bond donors (Lipinski definition) is 0. The van der Waals surface area contributed by atoms with Gasteiger partial charge in [0, 0.05) is 7.05 Å². The smallest absolute Gasteiger partial charge is 0.264 e. The summed E-state index contributed by atoms with van der Waals surface area (Å²) in [7, 11) is -2.41. The molecule has 0 radical (unpaired) electrons. The summed E-state index contributed by atoms with van der Waals surface area (Å²) in [5, 5.41) is -1.02. The van der Waals surface area contributed by atoms with Crippen LogP contribution in [0.25, 0.3) is 0 Å². The lowest BCUT2D eigenvalue weighted by Crippen LogP contribution is -2.26. The summed E-state index contributed by atoms with van der Waals surface area (Å²) >= 11 is 12.1. The number of hydrogen-bond acceptors (Lipinski definition) is 2. The lowest BCUT2D eigenvalue weighted by molar-refractivity contribution is 0.592. The van der Waals surface area contributed by atoms with E-state index in [0.29, 0.717) is 11.3 Å². The summed E-state index contributed by atoms with van der Waals surface area (Å²) in [5.74, 6) is -0.696. The van der Waals surface area contributed by atoms with Crippen molar-refractivity contribution in [3.63, 3.8) is 0 Å². The highest BCUT2D eigenvalue weighted by Gasteiger charge is 2.34. The number of sulfonamides is 1. The Morgan fingerprint density at radius 3 is 2.57 bits per heavy atom. The first kappa shape index (κ1) is 14.6. The molecule has 1 aliphatic heterocycles. The Balaban J connectivity index is 2.42. The molecule has 110 valence electrons. The lowest BCUT2D eigenvalue weighted by atomic mass is 10.0. The molecule has 1 atom stereocenters. The standard InChI is InChI=1S/C14H10Cl2FNO2S/c1-18-12-5-3-2-4-8(12)14(16)9-6-11(17)10(15)7-13(9)21(18,19)20/h2-7,14H,1H3. The fraction of sp³-hybridized carbons (Fsp3) is 0.143. The van der Waals surface area contributed by atoms with E-state index in [4.69, 9.17) is 23.2 Å². The molecule has 1 heterocycles. The summed E-state index contributed by atoms with van der Waals surface area (Å²) in [4.78, 5) is -0.0763. The molecular weight excluding hydrogens is 336 g/mol. The van der Waals surface area contributed by atoms with E-state index >= 15 is 0 Å². The Kier molecular flexibility index (Phi) is 3.39. The predicted octanol–water partition coefficient (Wildman–Crippen LogP) is 3.95. The van der Waals surface area contributed by atoms with Crippen molar-refractivity contribution in [2.75, 3.05) is 11.4 Å². The second-order valence-corrected chi connectivity index (χ2v) is 7.48. The highest BCUT2D eigenvalue weighted by molar-refractivity contribution is 7.92. The molecule has 0 fully saturated rings. The van der Waals surface area contributed by atoms with E-state index in [9.17, 15) is 12.8 Å². The van der Waals surface area contributed by atoms with E-state index in [1.54, 1.807) is 24.3 Å². The van der Waals surface area contributed by atoms with Gasteiger partial charge in [0.25, 0.3) is 10.0 Å². The van der Waals surface area contributed by atoms with Gasteiger partial charge >= 0.3 is 0 Å². The van der Waals surface area contributed by atoms with Crippen molar-refractivity contribution in [2.24, 2.45) is 0 Å². The molecule has 0 saturated carbocycles. The summed E-state index contributed by atoms with van der Waals surface area (Å²) in [6.07, 6.45) is 0. The summed E-state index contributed by atoms with van der Waals surface area (Å²) < 4.78 is 40.2. The number of halogens is 3. The molecule has 21 heavy (non-hydrogen) atoms. The van der Waals surface area contributed by atoms with Crippen LogP contribution < -0.4 is 4.31 Å². The zero-order valence-electron chi connectivity index (χ0n) is 10.8. The number of anilines is 1. The third-order valence-corrected chi connectivity index (χ3v) is 6.10. The molecule has 2 aromatic carbocycles. The van der Waals surface area contributed by atoms with Gasteiger partial charge in [-0.3, -0.25) is 4.31 Å². The minimum Gasteiger partial charge on any atom is -0.269 e. The minimum atomic E-state index is -3.85. The maximum Gasteiger partial charge on any atom is 0.264 e. The van der Waals surface area contributed by atoms with Crippen molar-refractivity contribution in [1.82, 2.24) is 0 Å². The quantitative estimate of drug-likeness (QED) is 0.678. The van der Waals surface area contributed by atoms with Crippen LogP contribution in [0, 0.1) is 5.82 Å². The molecule has 0 aromatic heterocycles. The first-order chi connectivity index (χ1) is 9.84. The van der Waals surface area contributed by atoms with Gasteiger partial charge < -0.3 is 0 Å². The number of fused-ring (bicyclic) bond motifs is 2. The SMILES string of the molecule is CN1c2ccccc2C(Cl)c2cc(F)c(Cl)cc2S1(=O)=O. The molecular formula is C14H10Cl2FNO2S. The van der Waals surface area contributed by atoms with E-state index in [1.165, 1.54) is 7.05 Å². The van der Waals surface area contributed by atoms with E-state index in [2.05, 4.69) is 0 Å². The van der Waals surface area contributed by atoms with Gasteiger partial charge in [0.15, 0.2) is 0 Å². The Hall–Kier alpha value is -1.30. The monoisotopic (exact) mass is 345 g/mol. The second-order valence-electron chi connectivity index (χ2n) is 4.70. The van der Waals surface area contributed by atoms with Crippen molar-refractivity contribution in [3.8, 4) is 0 Å². The highest BCUT2D eigenvalue weighted by atomic mass is 35.5. The third kappa shape index (κ3) is 2.11. The van der Waals surface area contributed by atoms with Gasteiger partial charge in [-0.05, 0) is 29.3 Å². The van der Waals surface area contributed by atoms with Crippen LogP contribution in [0.5, 0.6) is 0 Å². The van der Waals surface area contributed by atoms with Gasteiger partial charge in [-0.15, -0.1) is 11.6 Å². The number of nitrogens with zero attached hydrogens (tertiary/aromatic N) is 1. The number of rotatable bonds is 0. The molecule has 3 nitrogen and oxygen atoms in total. The molecule has 2 aromatic rings. The molecule has 0 aliphatic carbocycles. The summed E-state index contributed by atoms with van der Waals surface area (Å²) in [5.41, 5.74) is 1.26. The van der Waals surface area contributed by atoms with E-state index in [-0.39, 0.29) is 15.5 Å². The molecule has 7 heteroatoms. The maximum absolute atomic E-state index is 13.7. The maximum atomic E-state index is 13.7. The van der Waals surface area contributed by atoms with Crippen molar-refractivity contribution in [2.45, 2.75) is 10.3 Å². The van der Waals surface area contributed by atoms with Crippen LogP contribution >= 0.6 is 23.2 Å². The van der Waals surface area contributed by atoms with Crippen LogP contribution in [-0.4, -0.2) is 15.5 Å². The van der Waals surface area contributed by atoms with Crippen LogP contribution in [0.2, 0.25) is 5.02 Å². The number of benzene rings is 2. The molecule has 0 N–H and O–H groups in total. The molecule has 0 saturated heterocycles. The largest absolute Gasteiger partial charge is 0.269 e. The van der Waals surface area contributed by atoms with Crippen molar-refractivity contribution in [3.05, 3.63) is 58.4 Å². The first-order valence-electron chi connectivity index (χ1n) is 6.05. The molecule has 1 aliphatic rings. The van der Waals surface area contributed by atoms with Crippen LogP contribution in [-0.2, 0) is 10.0 Å². The average molecular weight is 346 g/mol. The molecule has 0 spiro atoms. The average Bonchev–Trinajstić information content (AvgIpc) is 2.52. The zero-order chi connectivity index (χ0) is 15.4. The Morgan fingerprint density at radius 2 is 1.86 bits per heavy atom. The van der Waals surface area contributed by atoms with Gasteiger partial charge in [0.1, 0.15) is 5.82 Å². The zero-order valence-corrected chi connectivity index (χ0v) is 13.2. The second kappa shape index (κ2) is 4.87. The van der Waals surface area contributed by atoms with E-state index < -0.39 is 21.2 Å². The molecule has 0 amide bonds. The van der Waals surface area contributed by atoms with E-state index in [0.717, 1.165) is 16.4 Å². The highest BCUT2D eigenvalue weighted by Crippen LogP contribution is 2.44. The van der Waals surface area contributed by atoms with Gasteiger partial charge in [-0.2, -0.15) is 0 Å². The number of para-hydroxylation sites is 1. The normalized spacial score (nSPS) is 19.6. The first-order valence-corrected chi connectivity index (χ1v) is 8.30. The van der Waals surface area contributed by atoms with Crippen molar-refractivity contribution < 1.29 is 12.8 Å². The van der Waals surface area contributed by atoms with E-state index in [1.807, 2.05) is 0 Å². The van der Waals surface area contributed by atoms with Crippen molar-refractivity contribution >= 4 is 38.9 Å². The topological polar surface area (TPSA) is 37.4 Å². The number of alkyl halides is 1. The molecule has 3 rings (SSSR count). The summed E-state index contributed by atoms with van der Waals surface area (Å²) in [6.45, 7) is 0. The Labute approximate surface area is 132 Å². The summed E-state index contributed by atoms with van der Waals surface area (Å²) in [6, 6.07) is 9.05. The van der Waals surface area contributed by atoms with Gasteiger partial charge in [0.05, 0.1) is 21.0 Å². The fourth-order valence-corrected chi connectivity index (χ4v) is 4.52. The van der Waals surface area contributed by atoms with Crippen LogP contribution in [0.15, 0.2) is 41.3 Å². The van der Waals surface area contributed by atoms with Crippen LogP contribution in [0.1, 0.15) is 16.5 Å². The van der Waals surface area contributed by atoms with Gasteiger partial charge in [-0.25, -0.2) is 12.8 Å². The van der Waals surface area contributed by atoms with Gasteiger partial charge in [-0.1, -0.05) is 29.8 Å². The fourth-order valence-electron chi connectivity index (χ4n) is 2.40. The third-order valence-electron chi connectivity index (χ3n) is 3.51. The Bertz CT molecular complexity index is 839. The van der Waals surface area contributed by atoms with Crippen LogP contribution in [0.4, 0.5) is 10.1 Å². The van der Waals surface area contributed by atoms with Gasteiger partial charge in [0.2, 0.25) is 0 Å². The van der Waals surface area contributed by atoms with Crippen molar-refractivity contribution in [1.29, 1.82) is 0 Å². The minimum absolute atomic E-state index is 0.0763. The molecule has 1 unspecified atom stereocenters. The van der Waals surface area contributed by atoms with Crippen LogP contribution in [0.3, 0.4) is 0 Å². The molecule has 0 bridgehead atoms. The predicted molar refractivity (Wildman–Crippen MR) is 81.1 cm³/mol. The lowest BCUT2D eigenvalue weighted by Gasteiger charge is -2.19.